The van der Waals surface area contributed by atoms with E-state index in [1.54, 1.807) is 28.6 Å². The highest BCUT2D eigenvalue weighted by atomic mass is 32.1. The van der Waals surface area contributed by atoms with Crippen LogP contribution < -0.4 is 4.90 Å². The molecular weight excluding hydrogens is 324 g/mol. The van der Waals surface area contributed by atoms with E-state index in [1.807, 2.05) is 17.5 Å². The molecule has 1 amide bonds. The Kier molecular flexibility index (Phi) is 3.14. The predicted octanol–water partition coefficient (Wildman–Crippen LogP) is 2.63. The second kappa shape index (κ2) is 5.26. The number of carbonyl (C=O) groups is 1. The van der Waals surface area contributed by atoms with Gasteiger partial charge in [0.1, 0.15) is 16.4 Å². The van der Waals surface area contributed by atoms with Gasteiger partial charge in [-0.3, -0.25) is 14.8 Å². The van der Waals surface area contributed by atoms with E-state index in [1.165, 1.54) is 0 Å². The van der Waals surface area contributed by atoms with Crippen LogP contribution in [0, 0.1) is 5.92 Å². The molecule has 0 aromatic carbocycles. The van der Waals surface area contributed by atoms with Gasteiger partial charge in [0, 0.05) is 35.8 Å². The third kappa shape index (κ3) is 2.15. The number of carbonyl (C=O) groups excluding carboxylic acids is 1. The first-order chi connectivity index (χ1) is 11.7. The number of anilines is 1. The largest absolute Gasteiger partial charge is 0.439 e. The minimum atomic E-state index is -0.339. The van der Waals surface area contributed by atoms with E-state index in [9.17, 15) is 4.79 Å². The third-order valence-corrected chi connectivity index (χ3v) is 6.33. The summed E-state index contributed by atoms with van der Waals surface area (Å²) in [6.07, 6.45) is 5.50. The monoisotopic (exact) mass is 342 g/mol. The highest BCUT2D eigenvalue weighted by Crippen LogP contribution is 2.43. The fourth-order valence-corrected chi connectivity index (χ4v) is 5.02. The van der Waals surface area contributed by atoms with Gasteiger partial charge in [-0.2, -0.15) is 0 Å². The predicted molar refractivity (Wildman–Crippen MR) is 91.1 cm³/mol. The molecule has 6 heterocycles. The van der Waals surface area contributed by atoms with Crippen LogP contribution >= 0.6 is 11.3 Å². The van der Waals surface area contributed by atoms with Gasteiger partial charge in [-0.1, -0.05) is 0 Å². The number of fused-ring (bicyclic) bond motifs is 2. The van der Waals surface area contributed by atoms with E-state index >= 15 is 0 Å². The van der Waals surface area contributed by atoms with E-state index in [0.29, 0.717) is 18.3 Å². The normalized spacial score (nSPS) is 31.7. The molecule has 4 aliphatic heterocycles. The Morgan fingerprint density at radius 2 is 2.00 bits per heavy atom. The maximum atomic E-state index is 12.5. The van der Waals surface area contributed by atoms with E-state index < -0.39 is 0 Å². The molecule has 7 heteroatoms. The minimum Gasteiger partial charge on any atom is -0.439 e. The fraction of sp³-hybridized carbons (Fsp3) is 0.471. The molecule has 1 spiro atoms. The first-order valence-corrected chi connectivity index (χ1v) is 9.20. The van der Waals surface area contributed by atoms with Gasteiger partial charge in [0.15, 0.2) is 0 Å². The lowest BCUT2D eigenvalue weighted by molar-refractivity contribution is -0.0881. The zero-order valence-electron chi connectivity index (χ0n) is 13.2. The average molecular weight is 342 g/mol. The van der Waals surface area contributed by atoms with Crippen LogP contribution in [-0.2, 0) is 4.74 Å². The number of nitrogens with zero attached hydrogens (tertiary/aromatic N) is 4. The lowest BCUT2D eigenvalue weighted by Crippen LogP contribution is -2.61. The van der Waals surface area contributed by atoms with Crippen LogP contribution in [0.25, 0.3) is 10.6 Å². The van der Waals surface area contributed by atoms with Crippen molar-refractivity contribution < 1.29 is 9.53 Å². The molecule has 4 aliphatic rings. The van der Waals surface area contributed by atoms with Gasteiger partial charge in [0.25, 0.3) is 0 Å². The smallest absolute Gasteiger partial charge is 0.416 e. The molecule has 1 atom stereocenters. The minimum absolute atomic E-state index is 0.254. The van der Waals surface area contributed by atoms with E-state index in [-0.39, 0.29) is 11.7 Å². The van der Waals surface area contributed by atoms with Crippen molar-refractivity contribution in [3.8, 4) is 10.6 Å². The number of rotatable bonds is 2. The molecule has 6 rings (SSSR count). The Balaban J connectivity index is 1.42. The first-order valence-electron chi connectivity index (χ1n) is 8.32. The second-order valence-corrected chi connectivity index (χ2v) is 7.67. The summed E-state index contributed by atoms with van der Waals surface area (Å²) in [5.74, 6) is 1.18. The maximum Gasteiger partial charge on any atom is 0.416 e. The third-order valence-electron chi connectivity index (χ3n) is 5.46. The molecule has 4 fully saturated rings. The molecule has 2 aromatic rings. The van der Waals surface area contributed by atoms with Crippen LogP contribution in [0.3, 0.4) is 0 Å². The van der Waals surface area contributed by atoms with Gasteiger partial charge in [0.05, 0.1) is 6.54 Å². The van der Waals surface area contributed by atoms with Gasteiger partial charge >= 0.3 is 6.09 Å². The van der Waals surface area contributed by atoms with Crippen molar-refractivity contribution in [1.82, 2.24) is 14.9 Å². The SMILES string of the molecule is O=C1O[C@@]2(CN3CCC2CC3)CN1c1csc(-c2ccncc2)n1. The Bertz CT molecular complexity index is 772. The lowest BCUT2D eigenvalue weighted by atomic mass is 9.75. The van der Waals surface area contributed by atoms with Crippen molar-refractivity contribution >= 4 is 23.2 Å². The summed E-state index contributed by atoms with van der Waals surface area (Å²) in [5.41, 5.74) is 0.681. The maximum absolute atomic E-state index is 12.5. The Hall–Kier alpha value is -1.99. The quantitative estimate of drug-likeness (QED) is 0.840. The highest BCUT2D eigenvalue weighted by molar-refractivity contribution is 7.13. The summed E-state index contributed by atoms with van der Waals surface area (Å²) < 4.78 is 5.91. The molecule has 2 bridgehead atoms. The first kappa shape index (κ1) is 14.4. The van der Waals surface area contributed by atoms with Crippen LogP contribution in [-0.4, -0.2) is 52.7 Å². The van der Waals surface area contributed by atoms with Crippen molar-refractivity contribution in [2.75, 3.05) is 31.1 Å². The summed E-state index contributed by atoms with van der Waals surface area (Å²) in [4.78, 5) is 25.3. The molecule has 0 N–H and O–H groups in total. The summed E-state index contributed by atoms with van der Waals surface area (Å²) in [6.45, 7) is 3.74. The number of piperidine rings is 3. The van der Waals surface area contributed by atoms with E-state index in [2.05, 4.69) is 14.9 Å². The standard InChI is InChI=1S/C17H18N4O2S/c22-16-21(11-17(23-16)10-20-7-3-13(17)4-8-20)14-9-24-15(19-14)12-1-5-18-6-2-12/h1-2,5-6,9,13H,3-4,7-8,10-11H2/t17-/m0/s1. The summed E-state index contributed by atoms with van der Waals surface area (Å²) in [5, 5.41) is 2.84. The number of amides is 1. The molecule has 4 saturated heterocycles. The fourth-order valence-electron chi connectivity index (χ4n) is 4.20. The van der Waals surface area contributed by atoms with Crippen molar-refractivity contribution in [1.29, 1.82) is 0 Å². The number of ether oxygens (including phenoxy) is 1. The molecule has 124 valence electrons. The van der Waals surface area contributed by atoms with Gasteiger partial charge < -0.3 is 4.74 Å². The Morgan fingerprint density at radius 1 is 1.21 bits per heavy atom. The Morgan fingerprint density at radius 3 is 2.71 bits per heavy atom. The molecule has 2 aromatic heterocycles. The average Bonchev–Trinajstić information content (AvgIpc) is 3.22. The van der Waals surface area contributed by atoms with Gasteiger partial charge in [-0.15, -0.1) is 11.3 Å². The lowest BCUT2D eigenvalue weighted by Gasteiger charge is -2.49. The zero-order valence-corrected chi connectivity index (χ0v) is 14.0. The molecular formula is C17H18N4O2S. The van der Waals surface area contributed by atoms with Gasteiger partial charge in [-0.05, 0) is 38.1 Å². The van der Waals surface area contributed by atoms with Crippen LogP contribution in [0.2, 0.25) is 0 Å². The molecule has 24 heavy (non-hydrogen) atoms. The van der Waals surface area contributed by atoms with Gasteiger partial charge in [-0.25, -0.2) is 9.78 Å². The van der Waals surface area contributed by atoms with Crippen LogP contribution in [0.15, 0.2) is 29.9 Å². The number of hydrogen-bond donors (Lipinski definition) is 0. The number of thiazole rings is 1. The molecule has 0 unspecified atom stereocenters. The van der Waals surface area contributed by atoms with Crippen molar-refractivity contribution in [3.05, 3.63) is 29.9 Å². The summed E-state index contributed by atoms with van der Waals surface area (Å²) >= 11 is 1.54. The van der Waals surface area contributed by atoms with Crippen LogP contribution in [0.4, 0.5) is 10.6 Å². The number of hydrogen-bond acceptors (Lipinski definition) is 6. The molecule has 0 radical (unpaired) electrons. The topological polar surface area (TPSA) is 58.6 Å². The Labute approximate surface area is 144 Å². The van der Waals surface area contributed by atoms with E-state index in [0.717, 1.165) is 43.0 Å². The van der Waals surface area contributed by atoms with Gasteiger partial charge in [0.2, 0.25) is 0 Å². The van der Waals surface area contributed by atoms with E-state index in [4.69, 9.17) is 4.74 Å². The summed E-state index contributed by atoms with van der Waals surface area (Å²) in [6, 6.07) is 3.86. The van der Waals surface area contributed by atoms with Crippen LogP contribution in [0.1, 0.15) is 12.8 Å². The number of pyridine rings is 1. The van der Waals surface area contributed by atoms with Crippen molar-refractivity contribution in [2.24, 2.45) is 5.92 Å². The van der Waals surface area contributed by atoms with Crippen molar-refractivity contribution in [2.45, 2.75) is 18.4 Å². The molecule has 0 saturated carbocycles. The number of aromatic nitrogens is 2. The van der Waals surface area contributed by atoms with Crippen molar-refractivity contribution in [3.63, 3.8) is 0 Å². The van der Waals surface area contributed by atoms with Crippen LogP contribution in [0.5, 0.6) is 0 Å². The summed E-state index contributed by atoms with van der Waals surface area (Å²) in [7, 11) is 0. The molecule has 0 aliphatic carbocycles. The highest BCUT2D eigenvalue weighted by Gasteiger charge is 2.56. The molecule has 6 nitrogen and oxygen atoms in total. The second-order valence-electron chi connectivity index (χ2n) is 6.82. The zero-order chi connectivity index (χ0) is 16.1.